The van der Waals surface area contributed by atoms with Gasteiger partial charge in [0.2, 0.25) is 0 Å². The summed E-state index contributed by atoms with van der Waals surface area (Å²) in [6.07, 6.45) is 1.03. The third-order valence-electron chi connectivity index (χ3n) is 3.54. The van der Waals surface area contributed by atoms with Gasteiger partial charge in [0.15, 0.2) is 0 Å². The number of methoxy groups -OCH3 is 1. The summed E-state index contributed by atoms with van der Waals surface area (Å²) in [6.45, 7) is 17.7. The van der Waals surface area contributed by atoms with Crippen molar-refractivity contribution < 1.29 is 4.74 Å². The van der Waals surface area contributed by atoms with Gasteiger partial charge in [-0.3, -0.25) is 4.90 Å². The number of ether oxygens (including phenoxy) is 1. The van der Waals surface area contributed by atoms with Crippen molar-refractivity contribution in [2.75, 3.05) is 20.2 Å². The van der Waals surface area contributed by atoms with E-state index in [-0.39, 0.29) is 5.60 Å². The molecule has 0 aromatic carbocycles. The highest BCUT2D eigenvalue weighted by molar-refractivity contribution is 4.76. The highest BCUT2D eigenvalue weighted by Gasteiger charge is 2.20. The Labute approximate surface area is 114 Å². The van der Waals surface area contributed by atoms with Crippen molar-refractivity contribution in [3.05, 3.63) is 0 Å². The van der Waals surface area contributed by atoms with E-state index < -0.39 is 0 Å². The molecular formula is C15H34N2O. The monoisotopic (exact) mass is 258 g/mol. The molecular weight excluding hydrogens is 224 g/mol. The van der Waals surface area contributed by atoms with Crippen molar-refractivity contribution in [1.82, 2.24) is 10.2 Å². The summed E-state index contributed by atoms with van der Waals surface area (Å²) in [6, 6.07) is 1.70. The minimum Gasteiger partial charge on any atom is -0.379 e. The summed E-state index contributed by atoms with van der Waals surface area (Å²) in [5.74, 6) is 0. The van der Waals surface area contributed by atoms with Crippen LogP contribution < -0.4 is 5.32 Å². The van der Waals surface area contributed by atoms with E-state index in [1.807, 2.05) is 0 Å². The van der Waals surface area contributed by atoms with Crippen LogP contribution in [0, 0.1) is 0 Å². The first kappa shape index (κ1) is 17.9. The molecule has 0 rings (SSSR count). The minimum absolute atomic E-state index is 0.0395. The number of nitrogens with one attached hydrogen (secondary N) is 1. The lowest BCUT2D eigenvalue weighted by Crippen LogP contribution is -2.44. The van der Waals surface area contributed by atoms with Gasteiger partial charge in [-0.2, -0.15) is 0 Å². The second-order valence-electron chi connectivity index (χ2n) is 6.45. The van der Waals surface area contributed by atoms with E-state index in [1.54, 1.807) is 7.11 Å². The molecule has 0 fully saturated rings. The molecule has 3 nitrogen and oxygen atoms in total. The fourth-order valence-electron chi connectivity index (χ4n) is 2.45. The van der Waals surface area contributed by atoms with Gasteiger partial charge in [-0.25, -0.2) is 0 Å². The van der Waals surface area contributed by atoms with Gasteiger partial charge in [0.1, 0.15) is 0 Å². The molecule has 0 aliphatic rings. The van der Waals surface area contributed by atoms with Gasteiger partial charge in [0.25, 0.3) is 0 Å². The van der Waals surface area contributed by atoms with Crippen molar-refractivity contribution in [2.24, 2.45) is 0 Å². The van der Waals surface area contributed by atoms with Crippen molar-refractivity contribution >= 4 is 0 Å². The van der Waals surface area contributed by atoms with Gasteiger partial charge in [0.05, 0.1) is 5.60 Å². The zero-order valence-electron chi connectivity index (χ0n) is 13.7. The molecule has 0 aromatic heterocycles. The van der Waals surface area contributed by atoms with E-state index in [9.17, 15) is 0 Å². The molecule has 3 heteroatoms. The van der Waals surface area contributed by atoms with Crippen molar-refractivity contribution in [3.8, 4) is 0 Å². The van der Waals surface area contributed by atoms with Crippen LogP contribution in [0.4, 0.5) is 0 Å². The lowest BCUT2D eigenvalue weighted by molar-refractivity contribution is 0.00828. The zero-order valence-corrected chi connectivity index (χ0v) is 13.7. The minimum atomic E-state index is -0.0395. The third kappa shape index (κ3) is 7.34. The zero-order chi connectivity index (χ0) is 14.3. The van der Waals surface area contributed by atoms with Crippen molar-refractivity contribution in [3.63, 3.8) is 0 Å². The maximum absolute atomic E-state index is 5.46. The SMILES string of the molecule is COC(C)(C)CC(C)NCCN(C(C)C)C(C)C. The molecule has 0 bridgehead atoms. The van der Waals surface area contributed by atoms with E-state index in [1.165, 1.54) is 0 Å². The fourth-order valence-corrected chi connectivity index (χ4v) is 2.45. The third-order valence-corrected chi connectivity index (χ3v) is 3.54. The van der Waals surface area contributed by atoms with E-state index in [0.29, 0.717) is 18.1 Å². The normalized spacial score (nSPS) is 14.8. The summed E-state index contributed by atoms with van der Waals surface area (Å²) >= 11 is 0. The average Bonchev–Trinajstić information content (AvgIpc) is 2.22. The summed E-state index contributed by atoms with van der Waals surface area (Å²) < 4.78 is 5.46. The van der Waals surface area contributed by atoms with Crippen LogP contribution in [-0.4, -0.2) is 48.8 Å². The molecule has 0 amide bonds. The second-order valence-corrected chi connectivity index (χ2v) is 6.45. The summed E-state index contributed by atoms with van der Waals surface area (Å²) in [5.41, 5.74) is -0.0395. The van der Waals surface area contributed by atoms with Crippen LogP contribution in [-0.2, 0) is 4.74 Å². The van der Waals surface area contributed by atoms with E-state index in [0.717, 1.165) is 19.5 Å². The van der Waals surface area contributed by atoms with Gasteiger partial charge >= 0.3 is 0 Å². The molecule has 0 saturated heterocycles. The van der Waals surface area contributed by atoms with E-state index in [2.05, 4.69) is 58.7 Å². The Morgan fingerprint density at radius 1 is 1.06 bits per heavy atom. The molecule has 0 aliphatic carbocycles. The molecule has 110 valence electrons. The van der Waals surface area contributed by atoms with Gasteiger partial charge in [0, 0.05) is 38.3 Å². The fraction of sp³-hybridized carbons (Fsp3) is 1.00. The number of hydrogen-bond donors (Lipinski definition) is 1. The Kier molecular flexibility index (Phi) is 8.08. The molecule has 0 saturated carbocycles. The summed E-state index contributed by atoms with van der Waals surface area (Å²) in [5, 5.41) is 3.59. The first-order chi connectivity index (χ1) is 8.19. The van der Waals surface area contributed by atoms with Crippen LogP contribution in [0.2, 0.25) is 0 Å². The number of rotatable bonds is 9. The molecule has 1 N–H and O–H groups in total. The molecule has 0 heterocycles. The van der Waals surface area contributed by atoms with Crippen LogP contribution in [0.1, 0.15) is 54.9 Å². The topological polar surface area (TPSA) is 24.5 Å². The Bertz CT molecular complexity index is 207. The molecule has 1 unspecified atom stereocenters. The predicted molar refractivity (Wildman–Crippen MR) is 80.1 cm³/mol. The van der Waals surface area contributed by atoms with E-state index in [4.69, 9.17) is 4.74 Å². The lowest BCUT2D eigenvalue weighted by Gasteiger charge is -2.32. The quantitative estimate of drug-likeness (QED) is 0.688. The van der Waals surface area contributed by atoms with Crippen LogP contribution in [0.25, 0.3) is 0 Å². The second kappa shape index (κ2) is 8.13. The summed E-state index contributed by atoms with van der Waals surface area (Å²) in [4.78, 5) is 2.52. The van der Waals surface area contributed by atoms with Crippen LogP contribution >= 0.6 is 0 Å². The van der Waals surface area contributed by atoms with Crippen molar-refractivity contribution in [1.29, 1.82) is 0 Å². The van der Waals surface area contributed by atoms with Crippen LogP contribution in [0.3, 0.4) is 0 Å². The molecule has 18 heavy (non-hydrogen) atoms. The van der Waals surface area contributed by atoms with Crippen LogP contribution in [0.15, 0.2) is 0 Å². The first-order valence-electron chi connectivity index (χ1n) is 7.24. The Hall–Kier alpha value is -0.120. The Morgan fingerprint density at radius 2 is 1.56 bits per heavy atom. The number of nitrogens with zero attached hydrogens (tertiary/aromatic N) is 1. The maximum atomic E-state index is 5.46. The standard InChI is InChI=1S/C15H34N2O/c1-12(2)17(13(3)4)10-9-16-14(5)11-15(6,7)18-8/h12-14,16H,9-11H2,1-8H3. The van der Waals surface area contributed by atoms with E-state index >= 15 is 0 Å². The Balaban J connectivity index is 3.96. The highest BCUT2D eigenvalue weighted by atomic mass is 16.5. The molecule has 0 aromatic rings. The van der Waals surface area contributed by atoms with Crippen molar-refractivity contribution in [2.45, 2.75) is 78.6 Å². The maximum Gasteiger partial charge on any atom is 0.0637 e. The summed E-state index contributed by atoms with van der Waals surface area (Å²) in [7, 11) is 1.78. The molecule has 1 atom stereocenters. The first-order valence-corrected chi connectivity index (χ1v) is 7.24. The van der Waals surface area contributed by atoms with Gasteiger partial charge < -0.3 is 10.1 Å². The Morgan fingerprint density at radius 3 is 1.94 bits per heavy atom. The largest absolute Gasteiger partial charge is 0.379 e. The van der Waals surface area contributed by atoms with Gasteiger partial charge in [-0.1, -0.05) is 0 Å². The predicted octanol–water partition coefficient (Wildman–Crippen LogP) is 2.90. The average molecular weight is 258 g/mol. The van der Waals surface area contributed by atoms with Crippen LogP contribution in [0.5, 0.6) is 0 Å². The van der Waals surface area contributed by atoms with Gasteiger partial charge in [-0.05, 0) is 54.9 Å². The molecule has 0 spiro atoms. The highest BCUT2D eigenvalue weighted by Crippen LogP contribution is 2.15. The number of hydrogen-bond acceptors (Lipinski definition) is 3. The smallest absolute Gasteiger partial charge is 0.0637 e. The van der Waals surface area contributed by atoms with Gasteiger partial charge in [-0.15, -0.1) is 0 Å². The molecule has 0 aliphatic heterocycles. The lowest BCUT2D eigenvalue weighted by atomic mass is 10.00. The molecule has 0 radical (unpaired) electrons.